The number of hydrogen-bond acceptors (Lipinski definition) is 15. The van der Waals surface area contributed by atoms with E-state index in [9.17, 15) is 53.2 Å². The van der Waals surface area contributed by atoms with Gasteiger partial charge in [0, 0.05) is 80.0 Å². The van der Waals surface area contributed by atoms with Crippen LogP contribution in [-0.2, 0) is 73.4 Å². The minimum absolute atomic E-state index is 0.0443. The van der Waals surface area contributed by atoms with Crippen molar-refractivity contribution in [1.29, 1.82) is 0 Å². The van der Waals surface area contributed by atoms with Gasteiger partial charge in [0.2, 0.25) is 54.6 Å². The second kappa shape index (κ2) is 34.2. The fraction of sp³-hybridized carbons (Fsp3) is 0.600. The maximum absolute atomic E-state index is 15.0. The van der Waals surface area contributed by atoms with E-state index in [2.05, 4.69) is 72.4 Å². The van der Waals surface area contributed by atoms with Crippen molar-refractivity contribution >= 4 is 60.6 Å². The van der Waals surface area contributed by atoms with Crippen LogP contribution >= 0.6 is 7.37 Å². The summed E-state index contributed by atoms with van der Waals surface area (Å²) < 4.78 is 15.0. The van der Waals surface area contributed by atoms with Crippen LogP contribution in [0.5, 0.6) is 0 Å². The van der Waals surface area contributed by atoms with Crippen LogP contribution in [0.2, 0.25) is 0 Å². The molecule has 6 rings (SSSR count). The Hall–Kier alpha value is -7.81. The number of rotatable bonds is 36. The first kappa shape index (κ1) is 70.3. The van der Waals surface area contributed by atoms with Gasteiger partial charge in [-0.1, -0.05) is 78.3 Å². The zero-order chi connectivity index (χ0) is 64.8. The van der Waals surface area contributed by atoms with E-state index in [0.717, 1.165) is 6.42 Å². The number of carboxylic acids is 1. The van der Waals surface area contributed by atoms with Crippen LogP contribution in [0.15, 0.2) is 67.9 Å². The van der Waals surface area contributed by atoms with Gasteiger partial charge in [-0.15, -0.1) is 0 Å². The molecule has 12 atom stereocenters. The molecular weight excluding hydrogens is 1170 g/mol. The molecule has 28 nitrogen and oxygen atoms in total. The number of aromatic nitrogens is 6. The predicted octanol–water partition coefficient (Wildman–Crippen LogP) is 1.07. The number of aromatic amines is 3. The van der Waals surface area contributed by atoms with Crippen molar-refractivity contribution < 1.29 is 57.7 Å². The van der Waals surface area contributed by atoms with Crippen molar-refractivity contribution in [1.82, 2.24) is 77.3 Å². The molecule has 3 aromatic heterocycles. The molecule has 0 aliphatic carbocycles. The molecule has 1 aromatic carbocycles. The van der Waals surface area contributed by atoms with Crippen LogP contribution in [0.25, 0.3) is 0 Å². The minimum Gasteiger partial charge on any atom is -0.480 e. The standard InChI is InChI=1S/C60H91N16O12P/c1-7-37(6)51(58(83)72-46(25-39-28-62-32-66-39)55(80)69-44(60(85)86)17-11-12-20-61)75-52(77)42(36(4)5)31-89(87,88)50(23-35(2)3)74-56(81)47(26-40-29-63-33-67-40)70-54(79)45(24-38-15-9-8-10-16-38)71-57(82)49-19-14-22-76(49)59(84)48(27-41-30-64-34-68-41)73-53(78)43-18-13-21-65-43/h8-10,15-16,28-30,32-37,42-51,65H,7,11-14,17-27,31,61H2,1-6H3,(H,62,66)(H,63,67)(H,64,68)(H,69,80)(H,70,79)(H,71,82)(H,72,83)(H,73,78)(H,74,81)(H,75,77)(H,85,86)(H,87,88)/t37-,42?,43+,44-,45-,46-,47-,48-,49+,50?,51-/m0/s1. The average molecular weight is 1260 g/mol. The van der Waals surface area contributed by atoms with Crippen LogP contribution in [0.3, 0.4) is 0 Å². The molecule has 4 aromatic rings. The first-order chi connectivity index (χ1) is 42.5. The number of likely N-dealkylation sites (tertiary alicyclic amines) is 1. The molecular formula is C60H91N16O12P. The van der Waals surface area contributed by atoms with Crippen LogP contribution in [-0.4, -0.2) is 178 Å². The van der Waals surface area contributed by atoms with Crippen molar-refractivity contribution in [3.8, 4) is 0 Å². The maximum atomic E-state index is 15.0. The van der Waals surface area contributed by atoms with E-state index in [4.69, 9.17) is 5.73 Å². The van der Waals surface area contributed by atoms with E-state index in [-0.39, 0.29) is 63.3 Å². The third kappa shape index (κ3) is 21.2. The van der Waals surface area contributed by atoms with E-state index in [1.807, 2.05) is 0 Å². The number of H-pyrrole nitrogens is 3. The Morgan fingerprint density at radius 3 is 1.73 bits per heavy atom. The lowest BCUT2D eigenvalue weighted by molar-refractivity contribution is -0.142. The number of carbonyl (C=O) groups excluding carboxylic acids is 8. The van der Waals surface area contributed by atoms with Gasteiger partial charge < -0.3 is 78.1 Å². The molecule has 89 heavy (non-hydrogen) atoms. The van der Waals surface area contributed by atoms with E-state index < -0.39 is 133 Å². The van der Waals surface area contributed by atoms with Crippen LogP contribution in [0.1, 0.15) is 122 Å². The molecule has 0 bridgehead atoms. The lowest BCUT2D eigenvalue weighted by Gasteiger charge is -2.33. The fourth-order valence-electron chi connectivity index (χ4n) is 11.0. The molecule has 2 fully saturated rings. The van der Waals surface area contributed by atoms with Crippen molar-refractivity contribution in [3.63, 3.8) is 0 Å². The summed E-state index contributed by atoms with van der Waals surface area (Å²) in [5.74, 6) is -10.8. The maximum Gasteiger partial charge on any atom is 0.326 e. The molecule has 3 unspecified atom stereocenters. The number of benzene rings is 1. The number of amides is 8. The topological polar surface area (TPSA) is 423 Å². The van der Waals surface area contributed by atoms with Gasteiger partial charge in [0.05, 0.1) is 25.0 Å². The first-order valence-electron chi connectivity index (χ1n) is 30.8. The highest BCUT2D eigenvalue weighted by molar-refractivity contribution is 7.58. The van der Waals surface area contributed by atoms with E-state index in [0.29, 0.717) is 67.8 Å². The second-order valence-corrected chi connectivity index (χ2v) is 26.6. The van der Waals surface area contributed by atoms with Crippen LogP contribution in [0, 0.1) is 23.7 Å². The SMILES string of the molecule is CC[C@H](C)[C@H](NC(=O)C(CP(=O)(O)C(CC(C)C)NC(=O)[C@H](Cc1cnc[nH]1)NC(=O)[C@H](Cc1ccccc1)NC(=O)[C@H]1CCCN1C(=O)[C@H](Cc1cnc[nH]1)NC(=O)[C@H]1CCCN1)C(C)C)C(=O)N[C@@H](Cc1cnc[nH]1)C(=O)N[C@@H](CCCCN)C(=O)O. The number of nitrogens with two attached hydrogens (primary N) is 1. The summed E-state index contributed by atoms with van der Waals surface area (Å²) in [7, 11) is -4.63. The number of carboxylic acid groups (broad SMARTS) is 1. The summed E-state index contributed by atoms with van der Waals surface area (Å²) in [5.41, 5.74) is 7.72. The van der Waals surface area contributed by atoms with E-state index in [1.165, 1.54) is 36.3 Å². The minimum atomic E-state index is -4.63. The summed E-state index contributed by atoms with van der Waals surface area (Å²) in [6.07, 6.45) is 11.2. The largest absolute Gasteiger partial charge is 0.480 e. The zero-order valence-corrected chi connectivity index (χ0v) is 52.6. The Bertz CT molecular complexity index is 2980. The molecule has 29 heteroatoms. The van der Waals surface area contributed by atoms with Crippen LogP contribution < -0.4 is 48.3 Å². The van der Waals surface area contributed by atoms with E-state index >= 15 is 4.57 Å². The van der Waals surface area contributed by atoms with Gasteiger partial charge in [-0.3, -0.25) is 42.9 Å². The predicted molar refractivity (Wildman–Crippen MR) is 329 cm³/mol. The zero-order valence-electron chi connectivity index (χ0n) is 51.7. The number of carbonyl (C=O) groups is 9. The summed E-state index contributed by atoms with van der Waals surface area (Å²) in [6, 6.07) is -0.356. The number of aliphatic carboxylic acids is 1. The number of nitrogens with zero attached hydrogens (tertiary/aromatic N) is 4. The molecule has 5 heterocycles. The van der Waals surface area contributed by atoms with E-state index in [1.54, 1.807) is 78.1 Å². The molecule has 0 saturated carbocycles. The normalized spacial score (nSPS) is 18.7. The third-order valence-corrected chi connectivity index (χ3v) is 18.6. The lowest BCUT2D eigenvalue weighted by Crippen LogP contribution is -2.59. The van der Waals surface area contributed by atoms with Crippen molar-refractivity contribution in [2.45, 2.75) is 179 Å². The smallest absolute Gasteiger partial charge is 0.326 e. The number of nitrogens with one attached hydrogen (secondary N) is 11. The Labute approximate surface area is 518 Å². The number of unbranched alkanes of at least 4 members (excludes halogenated alkanes) is 1. The molecule has 488 valence electrons. The Balaban J connectivity index is 1.20. The lowest BCUT2D eigenvalue weighted by atomic mass is 9.93. The van der Waals surface area contributed by atoms with Gasteiger partial charge in [0.1, 0.15) is 48.1 Å². The molecule has 8 amide bonds. The molecule has 2 aliphatic rings. The monoisotopic (exact) mass is 1260 g/mol. The van der Waals surface area contributed by atoms with Gasteiger partial charge in [-0.2, -0.15) is 0 Å². The molecule has 2 saturated heterocycles. The molecule has 2 aliphatic heterocycles. The molecule has 0 radical (unpaired) electrons. The third-order valence-electron chi connectivity index (χ3n) is 16.4. The summed E-state index contributed by atoms with van der Waals surface area (Å²) in [6.45, 7) is 11.6. The average Bonchev–Trinajstić information content (AvgIpc) is 4.49. The first-order valence-corrected chi connectivity index (χ1v) is 32.8. The molecule has 15 N–H and O–H groups in total. The quantitative estimate of drug-likeness (QED) is 0.0224. The van der Waals surface area contributed by atoms with Gasteiger partial charge in [0.15, 0.2) is 0 Å². The number of imidazole rings is 3. The Morgan fingerprint density at radius 1 is 0.663 bits per heavy atom. The van der Waals surface area contributed by atoms with Gasteiger partial charge in [0.25, 0.3) is 0 Å². The van der Waals surface area contributed by atoms with Gasteiger partial charge in [-0.05, 0) is 87.8 Å². The van der Waals surface area contributed by atoms with Crippen molar-refractivity contribution in [3.05, 3.63) is 90.5 Å². The summed E-state index contributed by atoms with van der Waals surface area (Å²) in [5, 5.41) is 32.4. The van der Waals surface area contributed by atoms with Crippen molar-refractivity contribution in [2.24, 2.45) is 29.4 Å². The highest BCUT2D eigenvalue weighted by Crippen LogP contribution is 2.50. The highest BCUT2D eigenvalue weighted by atomic mass is 31.2. The van der Waals surface area contributed by atoms with Gasteiger partial charge >= 0.3 is 5.97 Å². The van der Waals surface area contributed by atoms with Crippen molar-refractivity contribution in [2.75, 3.05) is 25.8 Å². The Kier molecular flexibility index (Phi) is 27.0. The summed E-state index contributed by atoms with van der Waals surface area (Å²) >= 11 is 0. The second-order valence-electron chi connectivity index (χ2n) is 24.1. The number of hydrogen-bond donors (Lipinski definition) is 14. The fourth-order valence-corrected chi connectivity index (χ4v) is 13.5. The van der Waals surface area contributed by atoms with Gasteiger partial charge in [-0.25, -0.2) is 19.7 Å². The molecule has 0 spiro atoms. The van der Waals surface area contributed by atoms with Crippen LogP contribution in [0.4, 0.5) is 0 Å². The Morgan fingerprint density at radius 2 is 1.21 bits per heavy atom. The highest BCUT2D eigenvalue weighted by Gasteiger charge is 2.43. The summed E-state index contributed by atoms with van der Waals surface area (Å²) in [4.78, 5) is 162.